The molecule has 3 heterocycles. The van der Waals surface area contributed by atoms with Gasteiger partial charge in [-0.15, -0.1) is 0 Å². The number of hydrogen-bond acceptors (Lipinski definition) is 5. The van der Waals surface area contributed by atoms with Gasteiger partial charge < -0.3 is 5.32 Å². The van der Waals surface area contributed by atoms with Crippen LogP contribution in [0.4, 0.5) is 22.0 Å². The van der Waals surface area contributed by atoms with Gasteiger partial charge in [-0.25, -0.2) is 17.2 Å². The predicted octanol–water partition coefficient (Wildman–Crippen LogP) is 4.30. The molecule has 0 radical (unpaired) electrons. The molecule has 196 valence electrons. The van der Waals surface area contributed by atoms with Crippen LogP contribution in [0.15, 0.2) is 59.8 Å². The molecule has 7 nitrogen and oxygen atoms in total. The van der Waals surface area contributed by atoms with Crippen molar-refractivity contribution < 1.29 is 35.2 Å². The van der Waals surface area contributed by atoms with Crippen LogP contribution in [-0.2, 0) is 27.5 Å². The number of pyridine rings is 2. The number of carbonyl (C=O) groups is 1. The van der Waals surface area contributed by atoms with Crippen LogP contribution >= 0.6 is 0 Å². The molecule has 0 saturated carbocycles. The fourth-order valence-corrected chi connectivity index (χ4v) is 5.97. The number of rotatable bonds is 6. The summed E-state index contributed by atoms with van der Waals surface area (Å²) in [5.41, 5.74) is -0.738. The van der Waals surface area contributed by atoms with E-state index in [9.17, 15) is 35.2 Å². The normalized spacial score (nSPS) is 18.6. The molecule has 1 fully saturated rings. The molecule has 1 N–H and O–H groups in total. The van der Waals surface area contributed by atoms with E-state index in [4.69, 9.17) is 0 Å². The standard InChI is InChI=1S/C24H21F5N4O3S/c1-14-2-8-21(33(14)37(35,36)18-6-4-17(25)5-7-18)23(34)32-12-16-10-20(30-13-19(16)26)15-3-9-22(31-11-15)24(27,28)29/h3-7,9-11,13-14,21H,2,8,12H2,1H3,(H,32,34). The van der Waals surface area contributed by atoms with Crippen molar-refractivity contribution in [2.24, 2.45) is 0 Å². The lowest BCUT2D eigenvalue weighted by molar-refractivity contribution is -0.141. The van der Waals surface area contributed by atoms with Crippen molar-refractivity contribution in [3.8, 4) is 11.3 Å². The molecular weight excluding hydrogens is 519 g/mol. The first-order valence-electron chi connectivity index (χ1n) is 11.1. The topological polar surface area (TPSA) is 92.3 Å². The zero-order chi connectivity index (χ0) is 27.0. The van der Waals surface area contributed by atoms with Gasteiger partial charge in [-0.3, -0.25) is 14.8 Å². The Morgan fingerprint density at radius 3 is 2.38 bits per heavy atom. The maximum Gasteiger partial charge on any atom is 0.433 e. The fraction of sp³-hybridized carbons (Fsp3) is 0.292. The molecule has 0 aliphatic carbocycles. The summed E-state index contributed by atoms with van der Waals surface area (Å²) in [4.78, 5) is 20.1. The highest BCUT2D eigenvalue weighted by atomic mass is 32.2. The third kappa shape index (κ3) is 5.62. The van der Waals surface area contributed by atoms with Gasteiger partial charge >= 0.3 is 6.18 Å². The minimum Gasteiger partial charge on any atom is -0.351 e. The minimum absolute atomic E-state index is 0.00256. The van der Waals surface area contributed by atoms with Gasteiger partial charge in [0, 0.05) is 29.9 Å². The van der Waals surface area contributed by atoms with Crippen LogP contribution in [-0.4, -0.2) is 40.7 Å². The molecule has 1 saturated heterocycles. The summed E-state index contributed by atoms with van der Waals surface area (Å²) in [6, 6.07) is 5.90. The Bertz CT molecular complexity index is 1400. The average Bonchev–Trinajstić information content (AvgIpc) is 3.25. The van der Waals surface area contributed by atoms with Crippen molar-refractivity contribution in [2.45, 2.75) is 49.5 Å². The van der Waals surface area contributed by atoms with Gasteiger partial charge in [0.15, 0.2) is 0 Å². The highest BCUT2D eigenvalue weighted by molar-refractivity contribution is 7.89. The molecule has 2 aromatic heterocycles. The summed E-state index contributed by atoms with van der Waals surface area (Å²) in [7, 11) is -4.11. The number of halogens is 5. The van der Waals surface area contributed by atoms with Crippen LogP contribution in [0, 0.1) is 11.6 Å². The SMILES string of the molecule is CC1CCC(C(=O)NCc2cc(-c3ccc(C(F)(F)F)nc3)ncc2F)N1S(=O)(=O)c1ccc(F)cc1. The number of amides is 1. The predicted molar refractivity (Wildman–Crippen MR) is 122 cm³/mol. The second-order valence-electron chi connectivity index (χ2n) is 8.54. The molecular formula is C24H21F5N4O3S. The van der Waals surface area contributed by atoms with E-state index in [1.165, 1.54) is 6.07 Å². The van der Waals surface area contributed by atoms with Crippen LogP contribution in [0.3, 0.4) is 0 Å². The molecule has 2 atom stereocenters. The molecule has 37 heavy (non-hydrogen) atoms. The third-order valence-corrected chi connectivity index (χ3v) is 8.07. The summed E-state index contributed by atoms with van der Waals surface area (Å²) < 4.78 is 93.3. The maximum absolute atomic E-state index is 14.4. The monoisotopic (exact) mass is 540 g/mol. The highest BCUT2D eigenvalue weighted by Crippen LogP contribution is 2.32. The Hall–Kier alpha value is -3.45. The van der Waals surface area contributed by atoms with Crippen molar-refractivity contribution >= 4 is 15.9 Å². The summed E-state index contributed by atoms with van der Waals surface area (Å²) in [5.74, 6) is -2.02. The Morgan fingerprint density at radius 1 is 1.05 bits per heavy atom. The first-order valence-corrected chi connectivity index (χ1v) is 12.6. The Labute approximate surface area is 209 Å². The van der Waals surface area contributed by atoms with Gasteiger partial charge in [-0.05, 0) is 62.2 Å². The molecule has 13 heteroatoms. The van der Waals surface area contributed by atoms with E-state index in [1.54, 1.807) is 6.92 Å². The number of nitrogens with one attached hydrogen (secondary N) is 1. The molecule has 2 unspecified atom stereocenters. The lowest BCUT2D eigenvalue weighted by atomic mass is 10.1. The van der Waals surface area contributed by atoms with Crippen molar-refractivity contribution in [2.75, 3.05) is 0 Å². The lowest BCUT2D eigenvalue weighted by Gasteiger charge is -2.27. The van der Waals surface area contributed by atoms with Gasteiger partial charge in [-0.1, -0.05) is 0 Å². The van der Waals surface area contributed by atoms with Crippen molar-refractivity contribution in [3.05, 3.63) is 77.8 Å². The number of alkyl halides is 3. The van der Waals surface area contributed by atoms with Crippen molar-refractivity contribution in [3.63, 3.8) is 0 Å². The Kier molecular flexibility index (Phi) is 7.29. The third-order valence-electron chi connectivity index (χ3n) is 6.03. The molecule has 0 bridgehead atoms. The van der Waals surface area contributed by atoms with Gasteiger partial charge in [0.1, 0.15) is 23.4 Å². The van der Waals surface area contributed by atoms with E-state index in [0.29, 0.717) is 6.42 Å². The van der Waals surface area contributed by atoms with E-state index in [1.807, 2.05) is 0 Å². The van der Waals surface area contributed by atoms with E-state index in [-0.39, 0.29) is 34.7 Å². The maximum atomic E-state index is 14.4. The van der Waals surface area contributed by atoms with E-state index < -0.39 is 51.5 Å². The second-order valence-corrected chi connectivity index (χ2v) is 10.4. The smallest absolute Gasteiger partial charge is 0.351 e. The van der Waals surface area contributed by atoms with Crippen LogP contribution in [0.5, 0.6) is 0 Å². The van der Waals surface area contributed by atoms with Crippen molar-refractivity contribution in [1.82, 2.24) is 19.6 Å². The number of sulfonamides is 1. The number of carbonyl (C=O) groups excluding carboxylic acids is 1. The lowest BCUT2D eigenvalue weighted by Crippen LogP contribution is -2.48. The van der Waals surface area contributed by atoms with Gasteiger partial charge in [0.05, 0.1) is 16.8 Å². The number of aromatic nitrogens is 2. The molecule has 1 amide bonds. The Balaban J connectivity index is 1.50. The summed E-state index contributed by atoms with van der Waals surface area (Å²) >= 11 is 0. The quantitative estimate of drug-likeness (QED) is 0.471. The highest BCUT2D eigenvalue weighted by Gasteiger charge is 2.43. The van der Waals surface area contributed by atoms with Crippen molar-refractivity contribution in [1.29, 1.82) is 0 Å². The first kappa shape index (κ1) is 26.6. The number of nitrogens with zero attached hydrogens (tertiary/aromatic N) is 3. The van der Waals surface area contributed by atoms with E-state index >= 15 is 0 Å². The summed E-state index contributed by atoms with van der Waals surface area (Å²) in [6.45, 7) is 1.34. The van der Waals surface area contributed by atoms with Crippen LogP contribution in [0.1, 0.15) is 31.0 Å². The molecule has 3 aromatic rings. The fourth-order valence-electron chi connectivity index (χ4n) is 4.13. The second kappa shape index (κ2) is 10.1. The Morgan fingerprint density at radius 2 is 1.76 bits per heavy atom. The summed E-state index contributed by atoms with van der Waals surface area (Å²) in [5, 5.41) is 2.54. The number of hydrogen-bond donors (Lipinski definition) is 1. The number of benzene rings is 1. The molecule has 4 rings (SSSR count). The van der Waals surface area contributed by atoms with Gasteiger partial charge in [0.2, 0.25) is 15.9 Å². The van der Waals surface area contributed by atoms with E-state index in [2.05, 4.69) is 15.3 Å². The first-order chi connectivity index (χ1) is 17.4. The van der Waals surface area contributed by atoms with Crippen LogP contribution < -0.4 is 5.32 Å². The van der Waals surface area contributed by atoms with Crippen LogP contribution in [0.25, 0.3) is 11.3 Å². The van der Waals surface area contributed by atoms with E-state index in [0.717, 1.165) is 53.1 Å². The average molecular weight is 541 g/mol. The largest absolute Gasteiger partial charge is 0.433 e. The van der Waals surface area contributed by atoms with Gasteiger partial charge in [0.25, 0.3) is 0 Å². The summed E-state index contributed by atoms with van der Waals surface area (Å²) in [6.07, 6.45) is -2.14. The van der Waals surface area contributed by atoms with Gasteiger partial charge in [-0.2, -0.15) is 17.5 Å². The zero-order valence-corrected chi connectivity index (χ0v) is 20.2. The zero-order valence-electron chi connectivity index (χ0n) is 19.3. The molecule has 1 aromatic carbocycles. The molecule has 1 aliphatic rings. The van der Waals surface area contributed by atoms with Crippen LogP contribution in [0.2, 0.25) is 0 Å². The minimum atomic E-state index is -4.61. The molecule has 1 aliphatic heterocycles. The molecule has 0 spiro atoms.